The maximum atomic E-state index is 11.4. The SMILES string of the molecule is CC(C)(C)Cc1nc2ccc3ccccc3n2c1NCC(=O)NO. The smallest absolute Gasteiger partial charge is 0.262 e. The number of aromatic nitrogens is 2. The standard InChI is InChI=1S/C18H22N4O2/c1-18(2,3)10-13-17(19-11-16(23)21-24)22-14-7-5-4-6-12(14)8-9-15(22)20-13/h4-9,19,24H,10-11H2,1-3H3,(H,21,23). The predicted octanol–water partition coefficient (Wildman–Crippen LogP) is 2.99. The molecular formula is C18H22N4O2. The molecule has 0 radical (unpaired) electrons. The Morgan fingerprint density at radius 3 is 2.67 bits per heavy atom. The second-order valence-corrected chi connectivity index (χ2v) is 7.12. The molecule has 3 N–H and O–H groups in total. The summed E-state index contributed by atoms with van der Waals surface area (Å²) in [5.41, 5.74) is 4.47. The fraction of sp³-hybridized carbons (Fsp3) is 0.333. The maximum Gasteiger partial charge on any atom is 0.262 e. The number of carbonyl (C=O) groups excluding carboxylic acids is 1. The fourth-order valence-electron chi connectivity index (χ4n) is 2.85. The van der Waals surface area contributed by atoms with Crippen molar-refractivity contribution in [3.8, 4) is 0 Å². The van der Waals surface area contributed by atoms with Crippen molar-refractivity contribution in [2.75, 3.05) is 11.9 Å². The number of anilines is 1. The third-order valence-electron chi connectivity index (χ3n) is 3.80. The van der Waals surface area contributed by atoms with E-state index in [1.165, 1.54) is 0 Å². The van der Waals surface area contributed by atoms with Crippen molar-refractivity contribution in [1.29, 1.82) is 0 Å². The summed E-state index contributed by atoms with van der Waals surface area (Å²) in [5.74, 6) is 0.298. The molecule has 0 aliphatic heterocycles. The summed E-state index contributed by atoms with van der Waals surface area (Å²) in [5, 5.41) is 13.0. The molecule has 0 spiro atoms. The van der Waals surface area contributed by atoms with Gasteiger partial charge in [-0.05, 0) is 35.4 Å². The van der Waals surface area contributed by atoms with Gasteiger partial charge >= 0.3 is 0 Å². The third kappa shape index (κ3) is 3.19. The van der Waals surface area contributed by atoms with Gasteiger partial charge < -0.3 is 5.32 Å². The largest absolute Gasteiger partial charge is 0.360 e. The van der Waals surface area contributed by atoms with Crippen LogP contribution in [0, 0.1) is 5.41 Å². The van der Waals surface area contributed by atoms with Crippen LogP contribution in [0.15, 0.2) is 36.4 Å². The Hall–Kier alpha value is -2.60. The van der Waals surface area contributed by atoms with Gasteiger partial charge in [0.2, 0.25) is 0 Å². The summed E-state index contributed by atoms with van der Waals surface area (Å²) < 4.78 is 2.03. The molecule has 0 saturated heterocycles. The molecule has 1 amide bonds. The van der Waals surface area contributed by atoms with Gasteiger partial charge in [-0.1, -0.05) is 39.0 Å². The average molecular weight is 326 g/mol. The van der Waals surface area contributed by atoms with Crippen molar-refractivity contribution in [2.24, 2.45) is 5.41 Å². The molecule has 126 valence electrons. The molecule has 3 aromatic rings. The van der Waals surface area contributed by atoms with Crippen LogP contribution in [-0.2, 0) is 11.2 Å². The number of amides is 1. The van der Waals surface area contributed by atoms with E-state index in [1.807, 2.05) is 40.8 Å². The van der Waals surface area contributed by atoms with E-state index < -0.39 is 5.91 Å². The van der Waals surface area contributed by atoms with E-state index in [2.05, 4.69) is 26.1 Å². The average Bonchev–Trinajstić information content (AvgIpc) is 2.88. The van der Waals surface area contributed by atoms with Crippen molar-refractivity contribution in [3.63, 3.8) is 0 Å². The van der Waals surface area contributed by atoms with Crippen LogP contribution in [0.2, 0.25) is 0 Å². The van der Waals surface area contributed by atoms with Crippen molar-refractivity contribution in [1.82, 2.24) is 14.9 Å². The summed E-state index contributed by atoms with van der Waals surface area (Å²) >= 11 is 0. The first kappa shape index (κ1) is 16.3. The van der Waals surface area contributed by atoms with Gasteiger partial charge in [-0.15, -0.1) is 0 Å². The highest BCUT2D eigenvalue weighted by molar-refractivity contribution is 5.85. The molecule has 2 aromatic heterocycles. The van der Waals surface area contributed by atoms with Gasteiger partial charge in [0.05, 0.1) is 17.8 Å². The van der Waals surface area contributed by atoms with Crippen LogP contribution in [0.4, 0.5) is 5.82 Å². The second kappa shape index (κ2) is 6.13. The second-order valence-electron chi connectivity index (χ2n) is 7.12. The van der Waals surface area contributed by atoms with Crippen LogP contribution in [0.3, 0.4) is 0 Å². The summed E-state index contributed by atoms with van der Waals surface area (Å²) in [4.78, 5) is 16.2. The summed E-state index contributed by atoms with van der Waals surface area (Å²) in [7, 11) is 0. The number of nitrogens with zero attached hydrogens (tertiary/aromatic N) is 2. The third-order valence-corrected chi connectivity index (χ3v) is 3.80. The number of nitrogens with one attached hydrogen (secondary N) is 2. The van der Waals surface area contributed by atoms with Gasteiger partial charge in [-0.2, -0.15) is 0 Å². The molecule has 0 atom stereocenters. The van der Waals surface area contributed by atoms with Crippen molar-refractivity contribution < 1.29 is 10.0 Å². The molecule has 3 rings (SSSR count). The fourth-order valence-corrected chi connectivity index (χ4v) is 2.85. The van der Waals surface area contributed by atoms with E-state index in [1.54, 1.807) is 5.48 Å². The number of hydroxylamine groups is 1. The van der Waals surface area contributed by atoms with E-state index in [9.17, 15) is 4.79 Å². The Morgan fingerprint density at radius 1 is 1.21 bits per heavy atom. The van der Waals surface area contributed by atoms with Gasteiger partial charge in [0.1, 0.15) is 11.5 Å². The monoisotopic (exact) mass is 326 g/mol. The zero-order valence-corrected chi connectivity index (χ0v) is 14.1. The first-order chi connectivity index (χ1) is 11.4. The molecule has 0 unspecified atom stereocenters. The lowest BCUT2D eigenvalue weighted by atomic mass is 9.90. The highest BCUT2D eigenvalue weighted by Gasteiger charge is 2.20. The zero-order chi connectivity index (χ0) is 17.3. The number of pyridine rings is 1. The van der Waals surface area contributed by atoms with Crippen molar-refractivity contribution >= 4 is 28.3 Å². The molecule has 1 aromatic carbocycles. The quantitative estimate of drug-likeness (QED) is 0.509. The minimum Gasteiger partial charge on any atom is -0.360 e. The number of para-hydroxylation sites is 1. The van der Waals surface area contributed by atoms with Gasteiger partial charge in [0.15, 0.2) is 0 Å². The van der Waals surface area contributed by atoms with Crippen LogP contribution in [0.1, 0.15) is 26.5 Å². The van der Waals surface area contributed by atoms with Gasteiger partial charge in [-0.3, -0.25) is 14.4 Å². The molecule has 2 heterocycles. The highest BCUT2D eigenvalue weighted by atomic mass is 16.5. The number of benzene rings is 1. The summed E-state index contributed by atoms with van der Waals surface area (Å²) in [6.07, 6.45) is 0.770. The van der Waals surface area contributed by atoms with Crippen LogP contribution in [-0.4, -0.2) is 27.0 Å². The molecule has 0 bridgehead atoms. The molecule has 0 fully saturated rings. The van der Waals surface area contributed by atoms with E-state index in [0.29, 0.717) is 0 Å². The molecule has 0 aliphatic rings. The van der Waals surface area contributed by atoms with E-state index in [-0.39, 0.29) is 12.0 Å². The molecule has 0 aliphatic carbocycles. The number of fused-ring (bicyclic) bond motifs is 3. The number of hydrogen-bond acceptors (Lipinski definition) is 4. The number of imidazole rings is 1. The Kier molecular flexibility index (Phi) is 4.15. The molecule has 6 nitrogen and oxygen atoms in total. The Morgan fingerprint density at radius 2 is 1.96 bits per heavy atom. The Balaban J connectivity index is 2.18. The minimum atomic E-state index is -0.494. The van der Waals surface area contributed by atoms with Gasteiger partial charge in [-0.25, -0.2) is 10.5 Å². The van der Waals surface area contributed by atoms with E-state index in [0.717, 1.165) is 34.5 Å². The van der Waals surface area contributed by atoms with Gasteiger partial charge in [0, 0.05) is 0 Å². The molecule has 6 heteroatoms. The first-order valence-electron chi connectivity index (χ1n) is 7.95. The van der Waals surface area contributed by atoms with Gasteiger partial charge in [0.25, 0.3) is 5.91 Å². The van der Waals surface area contributed by atoms with Crippen LogP contribution in [0.25, 0.3) is 16.6 Å². The number of carbonyl (C=O) groups is 1. The Labute approximate surface area is 140 Å². The van der Waals surface area contributed by atoms with Crippen LogP contribution < -0.4 is 10.8 Å². The zero-order valence-electron chi connectivity index (χ0n) is 14.1. The van der Waals surface area contributed by atoms with Crippen molar-refractivity contribution in [2.45, 2.75) is 27.2 Å². The lowest BCUT2D eigenvalue weighted by molar-refractivity contribution is -0.127. The van der Waals surface area contributed by atoms with Crippen LogP contribution >= 0.6 is 0 Å². The Bertz CT molecular complexity index is 893. The minimum absolute atomic E-state index is 0.0232. The normalized spacial score (nSPS) is 11.8. The van der Waals surface area contributed by atoms with E-state index in [4.69, 9.17) is 10.2 Å². The summed E-state index contributed by atoms with van der Waals surface area (Å²) in [6, 6.07) is 12.1. The predicted molar refractivity (Wildman–Crippen MR) is 94.3 cm³/mol. The maximum absolute atomic E-state index is 11.4. The topological polar surface area (TPSA) is 78.7 Å². The van der Waals surface area contributed by atoms with Crippen LogP contribution in [0.5, 0.6) is 0 Å². The number of rotatable bonds is 4. The molecular weight excluding hydrogens is 304 g/mol. The first-order valence-corrected chi connectivity index (χ1v) is 7.95. The van der Waals surface area contributed by atoms with E-state index >= 15 is 0 Å². The highest BCUT2D eigenvalue weighted by Crippen LogP contribution is 2.29. The molecule has 24 heavy (non-hydrogen) atoms. The summed E-state index contributed by atoms with van der Waals surface area (Å²) in [6.45, 7) is 6.43. The number of hydrogen-bond donors (Lipinski definition) is 3. The lowest BCUT2D eigenvalue weighted by Crippen LogP contribution is -2.27. The molecule has 0 saturated carbocycles. The lowest BCUT2D eigenvalue weighted by Gasteiger charge is -2.18. The van der Waals surface area contributed by atoms with Crippen molar-refractivity contribution in [3.05, 3.63) is 42.1 Å².